The van der Waals surface area contributed by atoms with Gasteiger partial charge in [-0.05, 0) is 31.0 Å². The van der Waals surface area contributed by atoms with Crippen molar-refractivity contribution in [3.8, 4) is 0 Å². The van der Waals surface area contributed by atoms with E-state index in [1.807, 2.05) is 0 Å². The van der Waals surface area contributed by atoms with Crippen molar-refractivity contribution < 1.29 is 28.3 Å². The number of imide groups is 1. The molecular formula is C20H21FN4O5. The summed E-state index contributed by atoms with van der Waals surface area (Å²) in [4.78, 5) is 52.6. The van der Waals surface area contributed by atoms with Gasteiger partial charge in [0.25, 0.3) is 0 Å². The minimum Gasteiger partial charge on any atom is -0.376 e. The van der Waals surface area contributed by atoms with Crippen molar-refractivity contribution in [2.75, 3.05) is 18.5 Å². The Labute approximate surface area is 171 Å². The van der Waals surface area contributed by atoms with E-state index in [1.165, 1.54) is 18.2 Å². The van der Waals surface area contributed by atoms with Gasteiger partial charge < -0.3 is 15.8 Å². The fourth-order valence-corrected chi connectivity index (χ4v) is 5.40. The molecule has 1 aromatic carbocycles. The zero-order chi connectivity index (χ0) is 21.2. The summed E-state index contributed by atoms with van der Waals surface area (Å²) in [5.74, 6) is -4.83. The molecule has 5 unspecified atom stereocenters. The quantitative estimate of drug-likeness (QED) is 0.573. The molecule has 30 heavy (non-hydrogen) atoms. The number of carbonyl (C=O) groups excluding carboxylic acids is 4. The molecule has 0 aromatic heterocycles. The molecule has 4 heterocycles. The van der Waals surface area contributed by atoms with Crippen LogP contribution in [0.25, 0.3) is 0 Å². The number of anilines is 1. The van der Waals surface area contributed by atoms with E-state index < -0.39 is 52.9 Å². The third-order valence-electron chi connectivity index (χ3n) is 6.60. The van der Waals surface area contributed by atoms with Gasteiger partial charge >= 0.3 is 0 Å². The van der Waals surface area contributed by atoms with Crippen molar-refractivity contribution in [1.82, 2.24) is 10.2 Å². The molecule has 0 aliphatic carbocycles. The van der Waals surface area contributed by atoms with Crippen LogP contribution in [0.5, 0.6) is 0 Å². The van der Waals surface area contributed by atoms with Gasteiger partial charge in [0.05, 0.1) is 24.5 Å². The van der Waals surface area contributed by atoms with Crippen LogP contribution in [0, 0.1) is 17.7 Å². The number of hydrogen-bond donors (Lipinski definition) is 3. The Morgan fingerprint density at radius 1 is 1.30 bits per heavy atom. The van der Waals surface area contributed by atoms with E-state index in [2.05, 4.69) is 10.6 Å². The van der Waals surface area contributed by atoms with Gasteiger partial charge in [-0.25, -0.2) is 4.39 Å². The molecule has 1 spiro atoms. The summed E-state index contributed by atoms with van der Waals surface area (Å²) < 4.78 is 19.6. The molecule has 3 fully saturated rings. The Hall–Kier alpha value is -2.85. The minimum absolute atomic E-state index is 0.0989. The molecule has 5 atom stereocenters. The number of nitrogens with two attached hydrogens (primary N) is 1. The third-order valence-corrected chi connectivity index (χ3v) is 6.60. The standard InChI is InChI=1S/C20H21FN4O5/c21-9-3-4-12-11(6-9)20(19(29)23-12)16-15(13(24-20)7-14(22)26)17(27)25(18(16)28)8-10-2-1-5-30-10/h3-4,6,10,13,15-16,24H,1-2,5,7-8H2,(H2,22,26)(H,23,29). The van der Waals surface area contributed by atoms with E-state index in [4.69, 9.17) is 10.5 Å². The van der Waals surface area contributed by atoms with Gasteiger partial charge in [-0.1, -0.05) is 0 Å². The number of nitrogens with zero attached hydrogens (tertiary/aromatic N) is 1. The lowest BCUT2D eigenvalue weighted by molar-refractivity contribution is -0.144. The molecule has 4 aliphatic heterocycles. The monoisotopic (exact) mass is 416 g/mol. The second-order valence-electron chi connectivity index (χ2n) is 8.30. The highest BCUT2D eigenvalue weighted by Crippen LogP contribution is 2.53. The molecule has 0 radical (unpaired) electrons. The number of halogens is 1. The molecule has 158 valence electrons. The number of amides is 4. The average Bonchev–Trinajstić information content (AvgIpc) is 3.42. The highest BCUT2D eigenvalue weighted by molar-refractivity contribution is 6.15. The van der Waals surface area contributed by atoms with Crippen LogP contribution in [0.1, 0.15) is 24.8 Å². The van der Waals surface area contributed by atoms with Crippen molar-refractivity contribution in [2.45, 2.75) is 36.9 Å². The van der Waals surface area contributed by atoms with Crippen LogP contribution in [0.2, 0.25) is 0 Å². The zero-order valence-electron chi connectivity index (χ0n) is 16.0. The van der Waals surface area contributed by atoms with Gasteiger partial charge in [0.2, 0.25) is 23.6 Å². The first-order valence-corrected chi connectivity index (χ1v) is 9.97. The van der Waals surface area contributed by atoms with E-state index >= 15 is 0 Å². The van der Waals surface area contributed by atoms with Crippen LogP contribution in [0.15, 0.2) is 18.2 Å². The maximum atomic E-state index is 14.1. The van der Waals surface area contributed by atoms with Crippen molar-refractivity contribution >= 4 is 29.3 Å². The maximum absolute atomic E-state index is 14.1. The maximum Gasteiger partial charge on any atom is 0.250 e. The first-order valence-electron chi connectivity index (χ1n) is 9.97. The Morgan fingerprint density at radius 3 is 2.80 bits per heavy atom. The number of ether oxygens (including phenoxy) is 1. The smallest absolute Gasteiger partial charge is 0.250 e. The van der Waals surface area contributed by atoms with Crippen LogP contribution in [0.4, 0.5) is 10.1 Å². The fourth-order valence-electron chi connectivity index (χ4n) is 5.40. The molecule has 9 nitrogen and oxygen atoms in total. The summed E-state index contributed by atoms with van der Waals surface area (Å²) in [6, 6.07) is 2.99. The van der Waals surface area contributed by atoms with E-state index in [1.54, 1.807) is 0 Å². The molecular weight excluding hydrogens is 395 g/mol. The number of fused-ring (bicyclic) bond motifs is 4. The Balaban J connectivity index is 1.60. The largest absolute Gasteiger partial charge is 0.376 e. The lowest BCUT2D eigenvalue weighted by Crippen LogP contribution is -2.54. The molecule has 3 saturated heterocycles. The number of primary amides is 1. The van der Waals surface area contributed by atoms with Crippen molar-refractivity contribution in [1.29, 1.82) is 0 Å². The molecule has 4 N–H and O–H groups in total. The Kier molecular flexibility index (Phi) is 4.19. The molecule has 4 amide bonds. The summed E-state index contributed by atoms with van der Waals surface area (Å²) in [5, 5.41) is 5.70. The summed E-state index contributed by atoms with van der Waals surface area (Å²) in [5.41, 5.74) is 4.36. The average molecular weight is 416 g/mol. The topological polar surface area (TPSA) is 131 Å². The highest BCUT2D eigenvalue weighted by Gasteiger charge is 2.70. The second kappa shape index (κ2) is 6.58. The number of rotatable bonds is 4. The molecule has 4 aliphatic rings. The van der Waals surface area contributed by atoms with Gasteiger partial charge in [-0.2, -0.15) is 0 Å². The summed E-state index contributed by atoms with van der Waals surface area (Å²) in [6.07, 6.45) is 1.10. The van der Waals surface area contributed by atoms with Crippen LogP contribution in [0.3, 0.4) is 0 Å². The van der Waals surface area contributed by atoms with E-state index in [9.17, 15) is 23.6 Å². The van der Waals surface area contributed by atoms with E-state index in [-0.39, 0.29) is 24.6 Å². The van der Waals surface area contributed by atoms with Gasteiger partial charge in [0, 0.05) is 30.3 Å². The fraction of sp³-hybridized carbons (Fsp3) is 0.500. The number of nitrogens with one attached hydrogen (secondary N) is 2. The number of benzene rings is 1. The first-order chi connectivity index (χ1) is 14.3. The highest BCUT2D eigenvalue weighted by atomic mass is 19.1. The van der Waals surface area contributed by atoms with Gasteiger partial charge in [0.15, 0.2) is 0 Å². The van der Waals surface area contributed by atoms with Gasteiger partial charge in [-0.3, -0.25) is 29.4 Å². The number of likely N-dealkylation sites (tertiary alicyclic amines) is 1. The Bertz CT molecular complexity index is 978. The second-order valence-corrected chi connectivity index (χ2v) is 8.30. The summed E-state index contributed by atoms with van der Waals surface area (Å²) in [6.45, 7) is 0.667. The molecule has 0 saturated carbocycles. The lowest BCUT2D eigenvalue weighted by Gasteiger charge is -2.30. The number of carbonyl (C=O) groups is 4. The van der Waals surface area contributed by atoms with Crippen molar-refractivity contribution in [2.24, 2.45) is 17.6 Å². The van der Waals surface area contributed by atoms with Crippen LogP contribution < -0.4 is 16.4 Å². The first kappa shape index (κ1) is 19.1. The zero-order valence-corrected chi connectivity index (χ0v) is 16.0. The molecule has 0 bridgehead atoms. The summed E-state index contributed by atoms with van der Waals surface area (Å²) in [7, 11) is 0. The third kappa shape index (κ3) is 2.53. The van der Waals surface area contributed by atoms with Crippen LogP contribution in [-0.4, -0.2) is 53.8 Å². The normalized spacial score (nSPS) is 34.6. The van der Waals surface area contributed by atoms with E-state index in [0.717, 1.165) is 17.7 Å². The molecule has 5 rings (SSSR count). The van der Waals surface area contributed by atoms with Crippen molar-refractivity contribution in [3.63, 3.8) is 0 Å². The lowest BCUT2D eigenvalue weighted by atomic mass is 9.76. The predicted molar refractivity (Wildman–Crippen MR) is 100 cm³/mol. The predicted octanol–water partition coefficient (Wildman–Crippen LogP) is -0.400. The van der Waals surface area contributed by atoms with Gasteiger partial charge in [-0.15, -0.1) is 0 Å². The Morgan fingerprint density at radius 2 is 2.10 bits per heavy atom. The van der Waals surface area contributed by atoms with Crippen LogP contribution >= 0.6 is 0 Å². The minimum atomic E-state index is -1.64. The molecule has 1 aromatic rings. The molecule has 10 heteroatoms. The number of hydrogen-bond acceptors (Lipinski definition) is 6. The van der Waals surface area contributed by atoms with Crippen molar-refractivity contribution in [3.05, 3.63) is 29.6 Å². The van der Waals surface area contributed by atoms with Gasteiger partial charge in [0.1, 0.15) is 11.4 Å². The van der Waals surface area contributed by atoms with Crippen LogP contribution in [-0.2, 0) is 29.5 Å². The summed E-state index contributed by atoms with van der Waals surface area (Å²) >= 11 is 0. The SMILES string of the molecule is NC(=O)CC1NC2(C(=O)Nc3ccc(F)cc32)C2C(=O)N(CC3CCCO3)C(=O)C12. The van der Waals surface area contributed by atoms with E-state index in [0.29, 0.717) is 12.3 Å².